The van der Waals surface area contributed by atoms with Crippen LogP contribution in [0, 0.1) is 0 Å². The SMILES string of the molecule is CCOC(=O)N1CCN(c2cc(N3CCN(C=O)CC3)ncn2)CC1. The van der Waals surface area contributed by atoms with Gasteiger partial charge < -0.3 is 24.3 Å². The number of carbonyl (C=O) groups is 2. The maximum Gasteiger partial charge on any atom is 0.409 e. The van der Waals surface area contributed by atoms with Gasteiger partial charge in [0, 0.05) is 58.4 Å². The number of carbonyl (C=O) groups excluding carboxylic acids is 2. The molecule has 0 saturated carbocycles. The van der Waals surface area contributed by atoms with Crippen molar-refractivity contribution in [2.45, 2.75) is 6.92 Å². The van der Waals surface area contributed by atoms with Crippen LogP contribution < -0.4 is 9.80 Å². The van der Waals surface area contributed by atoms with Crippen LogP contribution in [0.1, 0.15) is 6.92 Å². The van der Waals surface area contributed by atoms with E-state index >= 15 is 0 Å². The van der Waals surface area contributed by atoms with Gasteiger partial charge in [0.05, 0.1) is 6.61 Å². The zero-order valence-electron chi connectivity index (χ0n) is 14.5. The Morgan fingerprint density at radius 2 is 1.60 bits per heavy atom. The van der Waals surface area contributed by atoms with E-state index in [1.165, 1.54) is 0 Å². The second-order valence-corrected chi connectivity index (χ2v) is 6.04. The Morgan fingerprint density at radius 1 is 1.04 bits per heavy atom. The predicted octanol–water partition coefficient (Wildman–Crippen LogP) is 0.0335. The van der Waals surface area contributed by atoms with Crippen molar-refractivity contribution in [3.05, 3.63) is 12.4 Å². The lowest BCUT2D eigenvalue weighted by atomic mass is 10.3. The standard InChI is InChI=1S/C16H24N6O3/c1-2-25-16(24)22-9-7-21(8-10-22)15-11-14(17-12-18-15)20-5-3-19(13-23)4-6-20/h11-13H,2-10H2,1H3. The summed E-state index contributed by atoms with van der Waals surface area (Å²) in [7, 11) is 0. The molecule has 0 unspecified atom stereocenters. The van der Waals surface area contributed by atoms with Gasteiger partial charge in [-0.25, -0.2) is 14.8 Å². The summed E-state index contributed by atoms with van der Waals surface area (Å²) in [6, 6.07) is 1.98. The van der Waals surface area contributed by atoms with Crippen LogP contribution in [0.3, 0.4) is 0 Å². The lowest BCUT2D eigenvalue weighted by Crippen LogP contribution is -2.49. The summed E-state index contributed by atoms with van der Waals surface area (Å²) in [6.07, 6.45) is 2.22. The second kappa shape index (κ2) is 8.00. The zero-order valence-corrected chi connectivity index (χ0v) is 14.5. The van der Waals surface area contributed by atoms with Crippen LogP contribution in [-0.2, 0) is 9.53 Å². The molecular weight excluding hydrogens is 324 g/mol. The number of ether oxygens (including phenoxy) is 1. The van der Waals surface area contributed by atoms with Crippen molar-refractivity contribution in [1.29, 1.82) is 0 Å². The van der Waals surface area contributed by atoms with Crippen molar-refractivity contribution in [2.24, 2.45) is 0 Å². The van der Waals surface area contributed by atoms with Gasteiger partial charge in [-0.2, -0.15) is 0 Å². The molecular formula is C16H24N6O3. The molecule has 0 aliphatic carbocycles. The van der Waals surface area contributed by atoms with Crippen molar-refractivity contribution >= 4 is 24.1 Å². The van der Waals surface area contributed by atoms with Gasteiger partial charge in [0.2, 0.25) is 6.41 Å². The van der Waals surface area contributed by atoms with E-state index in [4.69, 9.17) is 4.74 Å². The molecule has 1 aromatic rings. The van der Waals surface area contributed by atoms with Crippen LogP contribution in [0.4, 0.5) is 16.4 Å². The number of rotatable bonds is 4. The minimum atomic E-state index is -0.251. The predicted molar refractivity (Wildman–Crippen MR) is 92.7 cm³/mol. The number of hydrogen-bond donors (Lipinski definition) is 0. The Balaban J connectivity index is 1.59. The number of aromatic nitrogens is 2. The van der Waals surface area contributed by atoms with Crippen molar-refractivity contribution < 1.29 is 14.3 Å². The van der Waals surface area contributed by atoms with Crippen LogP contribution in [0.25, 0.3) is 0 Å². The highest BCUT2D eigenvalue weighted by molar-refractivity contribution is 5.68. The molecule has 2 amide bonds. The van der Waals surface area contributed by atoms with Crippen molar-refractivity contribution in [1.82, 2.24) is 19.8 Å². The quantitative estimate of drug-likeness (QED) is 0.710. The highest BCUT2D eigenvalue weighted by Crippen LogP contribution is 2.20. The number of nitrogens with zero attached hydrogens (tertiary/aromatic N) is 6. The lowest BCUT2D eigenvalue weighted by Gasteiger charge is -2.36. The van der Waals surface area contributed by atoms with Crippen molar-refractivity contribution in [3.63, 3.8) is 0 Å². The summed E-state index contributed by atoms with van der Waals surface area (Å²) in [5.74, 6) is 1.75. The Morgan fingerprint density at radius 3 is 2.12 bits per heavy atom. The summed E-state index contributed by atoms with van der Waals surface area (Å²) in [5, 5.41) is 0. The number of amides is 2. The first-order valence-electron chi connectivity index (χ1n) is 8.64. The molecule has 2 aliphatic rings. The molecule has 3 rings (SSSR count). The summed E-state index contributed by atoms with van der Waals surface area (Å²) < 4.78 is 5.05. The maximum absolute atomic E-state index is 11.8. The molecule has 0 spiro atoms. The summed E-state index contributed by atoms with van der Waals surface area (Å²) in [5.41, 5.74) is 0. The molecule has 2 aliphatic heterocycles. The van der Waals surface area contributed by atoms with E-state index in [0.29, 0.717) is 45.9 Å². The minimum Gasteiger partial charge on any atom is -0.450 e. The van der Waals surface area contributed by atoms with E-state index in [9.17, 15) is 9.59 Å². The van der Waals surface area contributed by atoms with Crippen LogP contribution in [-0.4, -0.2) is 91.2 Å². The molecule has 2 saturated heterocycles. The highest BCUT2D eigenvalue weighted by Gasteiger charge is 2.24. The fourth-order valence-corrected chi connectivity index (χ4v) is 3.07. The maximum atomic E-state index is 11.8. The van der Waals surface area contributed by atoms with Gasteiger partial charge in [-0.15, -0.1) is 0 Å². The third-order valence-corrected chi connectivity index (χ3v) is 4.56. The number of hydrogen-bond acceptors (Lipinski definition) is 7. The fourth-order valence-electron chi connectivity index (χ4n) is 3.07. The van der Waals surface area contributed by atoms with E-state index in [1.807, 2.05) is 13.0 Å². The second-order valence-electron chi connectivity index (χ2n) is 6.04. The van der Waals surface area contributed by atoms with Gasteiger partial charge in [-0.3, -0.25) is 4.79 Å². The monoisotopic (exact) mass is 348 g/mol. The molecule has 0 atom stereocenters. The summed E-state index contributed by atoms with van der Waals surface area (Å²) >= 11 is 0. The summed E-state index contributed by atoms with van der Waals surface area (Å²) in [6.45, 7) is 7.84. The molecule has 25 heavy (non-hydrogen) atoms. The highest BCUT2D eigenvalue weighted by atomic mass is 16.6. The molecule has 0 aromatic carbocycles. The molecule has 0 radical (unpaired) electrons. The molecule has 3 heterocycles. The molecule has 9 heteroatoms. The number of anilines is 2. The Kier molecular flexibility index (Phi) is 5.52. The Bertz CT molecular complexity index is 597. The van der Waals surface area contributed by atoms with E-state index in [-0.39, 0.29) is 6.09 Å². The minimum absolute atomic E-state index is 0.251. The van der Waals surface area contributed by atoms with E-state index in [1.54, 1.807) is 16.1 Å². The van der Waals surface area contributed by atoms with Gasteiger partial charge in [-0.1, -0.05) is 0 Å². The van der Waals surface area contributed by atoms with Gasteiger partial charge in [-0.05, 0) is 6.92 Å². The van der Waals surface area contributed by atoms with Crippen LogP contribution in [0.15, 0.2) is 12.4 Å². The van der Waals surface area contributed by atoms with E-state index in [2.05, 4.69) is 19.8 Å². The third kappa shape index (κ3) is 4.09. The van der Waals surface area contributed by atoms with E-state index < -0.39 is 0 Å². The molecule has 2 fully saturated rings. The van der Waals surface area contributed by atoms with Crippen molar-refractivity contribution in [3.8, 4) is 0 Å². The molecule has 0 N–H and O–H groups in total. The average Bonchev–Trinajstić information content (AvgIpc) is 2.68. The lowest BCUT2D eigenvalue weighted by molar-refractivity contribution is -0.118. The zero-order chi connectivity index (χ0) is 17.6. The molecule has 136 valence electrons. The fraction of sp³-hybridized carbons (Fsp3) is 0.625. The first-order valence-corrected chi connectivity index (χ1v) is 8.64. The van der Waals surface area contributed by atoms with Crippen LogP contribution in [0.5, 0.6) is 0 Å². The largest absolute Gasteiger partial charge is 0.450 e. The first-order chi connectivity index (χ1) is 12.2. The van der Waals surface area contributed by atoms with E-state index in [0.717, 1.165) is 31.1 Å². The van der Waals surface area contributed by atoms with Gasteiger partial charge in [0.25, 0.3) is 0 Å². The average molecular weight is 348 g/mol. The molecule has 9 nitrogen and oxygen atoms in total. The smallest absolute Gasteiger partial charge is 0.409 e. The van der Waals surface area contributed by atoms with Crippen LogP contribution >= 0.6 is 0 Å². The number of piperazine rings is 2. The Labute approximate surface area is 147 Å². The van der Waals surface area contributed by atoms with Gasteiger partial charge in [0.15, 0.2) is 0 Å². The first kappa shape index (κ1) is 17.2. The topological polar surface area (TPSA) is 82.1 Å². The Hall–Kier alpha value is -2.58. The van der Waals surface area contributed by atoms with Gasteiger partial charge >= 0.3 is 6.09 Å². The van der Waals surface area contributed by atoms with Crippen molar-refractivity contribution in [2.75, 3.05) is 68.8 Å². The summed E-state index contributed by atoms with van der Waals surface area (Å²) in [4.78, 5) is 39.2. The van der Waals surface area contributed by atoms with Crippen LogP contribution in [0.2, 0.25) is 0 Å². The van der Waals surface area contributed by atoms with Gasteiger partial charge in [0.1, 0.15) is 18.0 Å². The third-order valence-electron chi connectivity index (χ3n) is 4.56. The normalized spacial score (nSPS) is 18.3. The molecule has 1 aromatic heterocycles. The molecule has 0 bridgehead atoms.